The molecule has 0 saturated heterocycles. The molecule has 0 aliphatic carbocycles. The molecular weight excluding hydrogens is 435 g/mol. The summed E-state index contributed by atoms with van der Waals surface area (Å²) in [6.07, 6.45) is -1.12. The predicted molar refractivity (Wildman–Crippen MR) is 124 cm³/mol. The van der Waals surface area contributed by atoms with Crippen LogP contribution in [0.1, 0.15) is 11.1 Å². The quantitative estimate of drug-likeness (QED) is 0.589. The molecule has 1 aliphatic rings. The number of carbonyl (C=O) groups excluding carboxylic acids is 2. The fraction of sp³-hybridized carbons (Fsp3) is 0.0870. The van der Waals surface area contributed by atoms with Gasteiger partial charge in [-0.3, -0.25) is 4.79 Å². The Morgan fingerprint density at radius 3 is 2.42 bits per heavy atom. The van der Waals surface area contributed by atoms with Crippen LogP contribution in [0.5, 0.6) is 0 Å². The number of benzodiazepines with no additional fused rings is 1. The number of likely N-dealkylation sites (N-methyl/N-ethyl adjacent to an activating group) is 1. The van der Waals surface area contributed by atoms with Gasteiger partial charge in [-0.2, -0.15) is 0 Å². The third-order valence-corrected chi connectivity index (χ3v) is 5.57. The lowest BCUT2D eigenvalue weighted by Crippen LogP contribution is -2.47. The van der Waals surface area contributed by atoms with Crippen molar-refractivity contribution in [1.29, 1.82) is 0 Å². The van der Waals surface area contributed by atoms with Gasteiger partial charge in [-0.15, -0.1) is 0 Å². The largest absolute Gasteiger partial charge is 0.321 e. The molecule has 31 heavy (non-hydrogen) atoms. The number of anilines is 2. The first-order valence-corrected chi connectivity index (χ1v) is 10.2. The van der Waals surface area contributed by atoms with Gasteiger partial charge >= 0.3 is 6.03 Å². The van der Waals surface area contributed by atoms with Crippen molar-refractivity contribution in [2.75, 3.05) is 17.3 Å². The fourth-order valence-corrected chi connectivity index (χ4v) is 3.61. The van der Waals surface area contributed by atoms with Crippen molar-refractivity contribution in [2.45, 2.75) is 6.17 Å². The highest BCUT2D eigenvalue weighted by molar-refractivity contribution is 6.42. The molecule has 0 saturated carbocycles. The molecule has 6 nitrogen and oxygen atoms in total. The molecule has 0 spiro atoms. The number of para-hydroxylation sites is 1. The van der Waals surface area contributed by atoms with Crippen LogP contribution < -0.4 is 15.5 Å². The van der Waals surface area contributed by atoms with E-state index in [4.69, 9.17) is 23.2 Å². The zero-order chi connectivity index (χ0) is 22.0. The summed E-state index contributed by atoms with van der Waals surface area (Å²) in [5.74, 6) is -0.359. The van der Waals surface area contributed by atoms with Crippen molar-refractivity contribution in [2.24, 2.45) is 4.99 Å². The van der Waals surface area contributed by atoms with E-state index in [9.17, 15) is 9.59 Å². The number of halogens is 2. The number of carbonyl (C=O) groups is 2. The number of aliphatic imine (C=N–C) groups is 1. The topological polar surface area (TPSA) is 73.8 Å². The van der Waals surface area contributed by atoms with Crippen LogP contribution in [0.25, 0.3) is 0 Å². The Hall–Kier alpha value is -3.35. The lowest BCUT2D eigenvalue weighted by Gasteiger charge is -2.21. The van der Waals surface area contributed by atoms with Crippen LogP contribution in [0.15, 0.2) is 77.8 Å². The molecule has 3 aromatic rings. The summed E-state index contributed by atoms with van der Waals surface area (Å²) in [5.41, 5.74) is 3.42. The number of rotatable bonds is 3. The normalized spacial score (nSPS) is 15.6. The van der Waals surface area contributed by atoms with Gasteiger partial charge in [-0.1, -0.05) is 71.7 Å². The molecule has 1 heterocycles. The highest BCUT2D eigenvalue weighted by atomic mass is 35.5. The molecule has 2 N–H and O–H groups in total. The van der Waals surface area contributed by atoms with Crippen LogP contribution in [-0.4, -0.2) is 30.9 Å². The van der Waals surface area contributed by atoms with Crippen LogP contribution >= 0.6 is 23.2 Å². The zero-order valence-corrected chi connectivity index (χ0v) is 18.0. The highest BCUT2D eigenvalue weighted by Gasteiger charge is 2.30. The molecule has 0 fully saturated rings. The average molecular weight is 453 g/mol. The number of urea groups is 1. The molecule has 3 aromatic carbocycles. The minimum Gasteiger partial charge on any atom is -0.311 e. The molecular formula is C23H18Cl2N4O2. The number of fused-ring (bicyclic) bond motifs is 1. The number of hydrogen-bond acceptors (Lipinski definition) is 3. The number of benzene rings is 3. The number of nitrogens with one attached hydrogen (secondary N) is 2. The van der Waals surface area contributed by atoms with Gasteiger partial charge in [0, 0.05) is 23.9 Å². The number of nitrogens with zero attached hydrogens (tertiary/aromatic N) is 2. The third kappa shape index (κ3) is 4.40. The first-order chi connectivity index (χ1) is 14.9. The van der Waals surface area contributed by atoms with E-state index < -0.39 is 12.2 Å². The number of hydrogen-bond donors (Lipinski definition) is 2. The maximum absolute atomic E-state index is 13.1. The average Bonchev–Trinajstić information content (AvgIpc) is 2.88. The van der Waals surface area contributed by atoms with Crippen molar-refractivity contribution in [3.8, 4) is 0 Å². The summed E-state index contributed by atoms with van der Waals surface area (Å²) in [6.45, 7) is 0. The Balaban J connectivity index is 1.67. The molecule has 0 bridgehead atoms. The summed E-state index contributed by atoms with van der Waals surface area (Å²) in [4.78, 5) is 31.9. The predicted octanol–water partition coefficient (Wildman–Crippen LogP) is 4.96. The van der Waals surface area contributed by atoms with Crippen molar-refractivity contribution >= 4 is 52.2 Å². The summed E-state index contributed by atoms with van der Waals surface area (Å²) in [6, 6.07) is 21.2. The van der Waals surface area contributed by atoms with E-state index >= 15 is 0 Å². The second-order valence-corrected chi connectivity index (χ2v) is 7.70. The van der Waals surface area contributed by atoms with Gasteiger partial charge in [0.1, 0.15) is 0 Å². The van der Waals surface area contributed by atoms with Crippen LogP contribution in [0.4, 0.5) is 16.2 Å². The Kier molecular flexibility index (Phi) is 5.93. The molecule has 1 atom stereocenters. The first-order valence-electron chi connectivity index (χ1n) is 9.47. The first kappa shape index (κ1) is 20.9. The van der Waals surface area contributed by atoms with Crippen LogP contribution in [-0.2, 0) is 4.79 Å². The lowest BCUT2D eigenvalue weighted by molar-refractivity contribution is -0.119. The van der Waals surface area contributed by atoms with E-state index in [-0.39, 0.29) is 5.91 Å². The molecule has 1 aliphatic heterocycles. The Morgan fingerprint density at radius 2 is 1.68 bits per heavy atom. The van der Waals surface area contributed by atoms with Gasteiger partial charge in [0.15, 0.2) is 0 Å². The van der Waals surface area contributed by atoms with Gasteiger partial charge in [0.25, 0.3) is 5.91 Å². The minimum absolute atomic E-state index is 0.310. The van der Waals surface area contributed by atoms with Crippen molar-refractivity contribution < 1.29 is 9.59 Å². The van der Waals surface area contributed by atoms with Crippen LogP contribution in [0.3, 0.4) is 0 Å². The molecule has 0 radical (unpaired) electrons. The maximum atomic E-state index is 13.1. The van der Waals surface area contributed by atoms with Gasteiger partial charge in [0.2, 0.25) is 6.17 Å². The standard InChI is InChI=1S/C23H18Cl2N4O2/c1-29-19-10-6-5-9-16(19)20(14-7-3-2-4-8-14)27-21(22(29)30)28-23(31)26-15-11-12-17(24)18(25)13-15/h2-13,21H,1H3,(H2,26,28,31)/t21-/m0/s1. The third-order valence-electron chi connectivity index (χ3n) is 4.84. The highest BCUT2D eigenvalue weighted by Crippen LogP contribution is 2.27. The molecule has 3 amide bonds. The van der Waals surface area contributed by atoms with Crippen molar-refractivity contribution in [3.63, 3.8) is 0 Å². The molecule has 0 unspecified atom stereocenters. The van der Waals surface area contributed by atoms with E-state index in [0.717, 1.165) is 11.1 Å². The fourth-order valence-electron chi connectivity index (χ4n) is 3.31. The smallest absolute Gasteiger partial charge is 0.311 e. The maximum Gasteiger partial charge on any atom is 0.321 e. The molecule has 156 valence electrons. The Labute approximate surface area is 189 Å². The van der Waals surface area contributed by atoms with E-state index in [0.29, 0.717) is 27.1 Å². The SMILES string of the molecule is CN1C(=O)[C@H](NC(=O)Nc2ccc(Cl)c(Cl)c2)N=C(c2ccccc2)c2ccccc21. The minimum atomic E-state index is -1.12. The lowest BCUT2D eigenvalue weighted by atomic mass is 10.0. The van der Waals surface area contributed by atoms with E-state index in [2.05, 4.69) is 15.6 Å². The summed E-state index contributed by atoms with van der Waals surface area (Å²) >= 11 is 11.9. The van der Waals surface area contributed by atoms with E-state index in [1.54, 1.807) is 19.2 Å². The van der Waals surface area contributed by atoms with E-state index in [1.165, 1.54) is 11.0 Å². The van der Waals surface area contributed by atoms with Gasteiger partial charge in [-0.25, -0.2) is 9.79 Å². The van der Waals surface area contributed by atoms with Gasteiger partial charge < -0.3 is 15.5 Å². The summed E-state index contributed by atoms with van der Waals surface area (Å²) in [7, 11) is 1.66. The van der Waals surface area contributed by atoms with Gasteiger partial charge in [-0.05, 0) is 24.3 Å². The summed E-state index contributed by atoms with van der Waals surface area (Å²) < 4.78 is 0. The van der Waals surface area contributed by atoms with Crippen LogP contribution in [0.2, 0.25) is 10.0 Å². The zero-order valence-electron chi connectivity index (χ0n) is 16.5. The second-order valence-electron chi connectivity index (χ2n) is 6.89. The second kappa shape index (κ2) is 8.79. The van der Waals surface area contributed by atoms with E-state index in [1.807, 2.05) is 54.6 Å². The van der Waals surface area contributed by atoms with Crippen LogP contribution in [0, 0.1) is 0 Å². The number of amides is 3. The molecule has 0 aromatic heterocycles. The van der Waals surface area contributed by atoms with Crippen molar-refractivity contribution in [1.82, 2.24) is 5.32 Å². The Morgan fingerprint density at radius 1 is 0.968 bits per heavy atom. The van der Waals surface area contributed by atoms with Crippen molar-refractivity contribution in [3.05, 3.63) is 94.0 Å². The molecule has 4 rings (SSSR count). The van der Waals surface area contributed by atoms with Gasteiger partial charge in [0.05, 0.1) is 21.4 Å². The monoisotopic (exact) mass is 452 g/mol. The molecule has 8 heteroatoms. The summed E-state index contributed by atoms with van der Waals surface area (Å²) in [5, 5.41) is 5.99. The Bertz CT molecular complexity index is 1180.